The molecule has 4 rings (SSSR count). The lowest BCUT2D eigenvalue weighted by Gasteiger charge is -2.21. The highest BCUT2D eigenvalue weighted by molar-refractivity contribution is 7.90. The van der Waals surface area contributed by atoms with Crippen LogP contribution in [0.25, 0.3) is 16.5 Å². The molecule has 0 atom stereocenters. The maximum atomic E-state index is 13.4. The molecule has 1 aromatic carbocycles. The molecule has 0 spiro atoms. The molecule has 0 fully saturated rings. The van der Waals surface area contributed by atoms with Gasteiger partial charge in [-0.05, 0) is 44.2 Å². The number of benzene rings is 1. The summed E-state index contributed by atoms with van der Waals surface area (Å²) in [6, 6.07) is 3.17. The van der Waals surface area contributed by atoms with E-state index in [-0.39, 0.29) is 15.8 Å². The molecule has 3 heterocycles. The van der Waals surface area contributed by atoms with E-state index in [0.717, 1.165) is 28.2 Å². The zero-order valence-corrected chi connectivity index (χ0v) is 17.5. The first-order valence-electron chi connectivity index (χ1n) is 9.34. The largest absolute Gasteiger partial charge is 0.416 e. The third-order valence-corrected chi connectivity index (χ3v) is 7.14. The second kappa shape index (κ2) is 6.98. The fourth-order valence-electron chi connectivity index (χ4n) is 3.78. The number of likely N-dealkylation sites (N-methyl/N-ethyl adjacent to an activating group) is 1. The van der Waals surface area contributed by atoms with Gasteiger partial charge < -0.3 is 4.90 Å². The van der Waals surface area contributed by atoms with Crippen molar-refractivity contribution in [2.75, 3.05) is 20.1 Å². The van der Waals surface area contributed by atoms with Crippen LogP contribution in [0.4, 0.5) is 13.2 Å². The van der Waals surface area contributed by atoms with Gasteiger partial charge in [0.2, 0.25) is 0 Å². The summed E-state index contributed by atoms with van der Waals surface area (Å²) in [5.41, 5.74) is 1.08. The lowest BCUT2D eigenvalue weighted by molar-refractivity contribution is -0.137. The van der Waals surface area contributed by atoms with E-state index in [1.165, 1.54) is 23.1 Å². The molecule has 30 heavy (non-hydrogen) atoms. The summed E-state index contributed by atoms with van der Waals surface area (Å²) >= 11 is 0. The first kappa shape index (κ1) is 20.7. The van der Waals surface area contributed by atoms with Crippen molar-refractivity contribution in [1.29, 1.82) is 0 Å². The predicted molar refractivity (Wildman–Crippen MR) is 108 cm³/mol. The molecule has 0 amide bonds. The van der Waals surface area contributed by atoms with Crippen LogP contribution in [0.1, 0.15) is 23.2 Å². The Morgan fingerprint density at radius 2 is 1.87 bits per heavy atom. The molecular weight excluding hydrogens is 417 g/mol. The molecule has 1 aliphatic rings. The standard InChI is InChI=1S/C20H21F3N4O2S/c1-13-19(12-26(3)24-13)30(28,29)27-11-17(14-6-8-25(2)9-7-14)16-10-15(20(21,22)23)4-5-18(16)27/h4-6,10-12H,7-9H2,1-3H3. The zero-order chi connectivity index (χ0) is 21.8. The Morgan fingerprint density at radius 1 is 1.13 bits per heavy atom. The van der Waals surface area contributed by atoms with E-state index in [2.05, 4.69) is 10.00 Å². The minimum atomic E-state index is -4.52. The molecule has 0 radical (unpaired) electrons. The van der Waals surface area contributed by atoms with Crippen molar-refractivity contribution in [2.24, 2.45) is 7.05 Å². The van der Waals surface area contributed by atoms with E-state index in [0.29, 0.717) is 24.2 Å². The second-order valence-corrected chi connectivity index (χ2v) is 9.35. The quantitative estimate of drug-likeness (QED) is 0.626. The summed E-state index contributed by atoms with van der Waals surface area (Å²) in [5, 5.41) is 4.36. The van der Waals surface area contributed by atoms with E-state index in [9.17, 15) is 21.6 Å². The van der Waals surface area contributed by atoms with Crippen molar-refractivity contribution in [3.63, 3.8) is 0 Å². The Hall–Kier alpha value is -2.59. The van der Waals surface area contributed by atoms with Crippen molar-refractivity contribution in [2.45, 2.75) is 24.4 Å². The van der Waals surface area contributed by atoms with Gasteiger partial charge in [0.25, 0.3) is 10.0 Å². The first-order chi connectivity index (χ1) is 14.0. The molecule has 1 aliphatic heterocycles. The number of alkyl halides is 3. The maximum absolute atomic E-state index is 13.4. The molecule has 3 aromatic rings. The Bertz CT molecular complexity index is 1270. The second-order valence-electron chi connectivity index (χ2n) is 7.57. The third-order valence-electron chi connectivity index (χ3n) is 5.36. The summed E-state index contributed by atoms with van der Waals surface area (Å²) in [5.74, 6) is 0. The number of hydrogen-bond donors (Lipinski definition) is 0. The summed E-state index contributed by atoms with van der Waals surface area (Å²) in [6.07, 6.45) is 0.870. The van der Waals surface area contributed by atoms with Crippen LogP contribution < -0.4 is 0 Å². The molecule has 0 aliphatic carbocycles. The van der Waals surface area contributed by atoms with Gasteiger partial charge >= 0.3 is 6.18 Å². The number of halogens is 3. The monoisotopic (exact) mass is 438 g/mol. The van der Waals surface area contributed by atoms with Crippen LogP contribution in [-0.2, 0) is 23.2 Å². The van der Waals surface area contributed by atoms with E-state index < -0.39 is 21.8 Å². The SMILES string of the molecule is Cc1nn(C)cc1S(=O)(=O)n1cc(C2=CCN(C)CC2)c2cc(C(F)(F)F)ccc21. The van der Waals surface area contributed by atoms with Crippen molar-refractivity contribution < 1.29 is 21.6 Å². The van der Waals surface area contributed by atoms with Gasteiger partial charge in [-0.2, -0.15) is 18.3 Å². The van der Waals surface area contributed by atoms with E-state index in [1.54, 1.807) is 14.0 Å². The van der Waals surface area contributed by atoms with Crippen LogP contribution in [0.15, 0.2) is 41.6 Å². The molecule has 2 aromatic heterocycles. The number of rotatable bonds is 3. The topological polar surface area (TPSA) is 60.1 Å². The van der Waals surface area contributed by atoms with Crippen LogP contribution in [0.2, 0.25) is 0 Å². The van der Waals surface area contributed by atoms with Gasteiger partial charge in [-0.3, -0.25) is 4.68 Å². The lowest BCUT2D eigenvalue weighted by Crippen LogP contribution is -2.23. The Labute approximate surface area is 172 Å². The average Bonchev–Trinajstić information content (AvgIpc) is 3.22. The minimum Gasteiger partial charge on any atom is -0.302 e. The van der Waals surface area contributed by atoms with Crippen LogP contribution in [0.5, 0.6) is 0 Å². The fraction of sp³-hybridized carbons (Fsp3) is 0.350. The van der Waals surface area contributed by atoms with Gasteiger partial charge in [-0.1, -0.05) is 6.08 Å². The Balaban J connectivity index is 1.98. The van der Waals surface area contributed by atoms with Crippen molar-refractivity contribution in [3.8, 4) is 0 Å². The van der Waals surface area contributed by atoms with Gasteiger partial charge in [0, 0.05) is 43.5 Å². The normalized spacial score (nSPS) is 16.3. The lowest BCUT2D eigenvalue weighted by atomic mass is 9.98. The number of aryl methyl sites for hydroxylation is 2. The highest BCUT2D eigenvalue weighted by Gasteiger charge is 2.32. The smallest absolute Gasteiger partial charge is 0.302 e. The summed E-state index contributed by atoms with van der Waals surface area (Å²) < 4.78 is 69.2. The van der Waals surface area contributed by atoms with Gasteiger partial charge in [0.1, 0.15) is 4.90 Å². The Morgan fingerprint density at radius 3 is 2.43 bits per heavy atom. The average molecular weight is 438 g/mol. The van der Waals surface area contributed by atoms with Gasteiger partial charge in [-0.15, -0.1) is 0 Å². The minimum absolute atomic E-state index is 0.0192. The first-order valence-corrected chi connectivity index (χ1v) is 10.8. The zero-order valence-electron chi connectivity index (χ0n) is 16.7. The van der Waals surface area contributed by atoms with Gasteiger partial charge in [0.15, 0.2) is 0 Å². The van der Waals surface area contributed by atoms with Crippen LogP contribution >= 0.6 is 0 Å². The van der Waals surface area contributed by atoms with Crippen LogP contribution in [0.3, 0.4) is 0 Å². The number of nitrogens with zero attached hydrogens (tertiary/aromatic N) is 4. The molecule has 0 unspecified atom stereocenters. The van der Waals surface area contributed by atoms with Gasteiger partial charge in [0.05, 0.1) is 16.8 Å². The van der Waals surface area contributed by atoms with Crippen molar-refractivity contribution in [3.05, 3.63) is 53.5 Å². The summed E-state index contributed by atoms with van der Waals surface area (Å²) in [7, 11) is -0.470. The van der Waals surface area contributed by atoms with Crippen molar-refractivity contribution in [1.82, 2.24) is 18.7 Å². The number of aromatic nitrogens is 3. The number of hydrogen-bond acceptors (Lipinski definition) is 4. The molecular formula is C20H21F3N4O2S. The van der Waals surface area contributed by atoms with Crippen LogP contribution in [-0.4, -0.2) is 47.2 Å². The van der Waals surface area contributed by atoms with Crippen LogP contribution in [0, 0.1) is 6.92 Å². The fourth-order valence-corrected chi connectivity index (χ4v) is 5.36. The molecule has 0 N–H and O–H groups in total. The molecule has 0 bridgehead atoms. The van der Waals surface area contributed by atoms with E-state index >= 15 is 0 Å². The molecule has 0 saturated heterocycles. The van der Waals surface area contributed by atoms with Crippen molar-refractivity contribution >= 4 is 26.5 Å². The third kappa shape index (κ3) is 3.43. The molecule has 160 valence electrons. The molecule has 10 heteroatoms. The molecule has 0 saturated carbocycles. The highest BCUT2D eigenvalue weighted by atomic mass is 32.2. The number of fused-ring (bicyclic) bond motifs is 1. The highest BCUT2D eigenvalue weighted by Crippen LogP contribution is 2.37. The molecule has 6 nitrogen and oxygen atoms in total. The summed E-state index contributed by atoms with van der Waals surface area (Å²) in [6.45, 7) is 2.97. The van der Waals surface area contributed by atoms with E-state index in [4.69, 9.17) is 0 Å². The van der Waals surface area contributed by atoms with Gasteiger partial charge in [-0.25, -0.2) is 12.4 Å². The Kier molecular flexibility index (Phi) is 4.81. The predicted octanol–water partition coefficient (Wildman–Crippen LogP) is 3.66. The summed E-state index contributed by atoms with van der Waals surface area (Å²) in [4.78, 5) is 2.10. The maximum Gasteiger partial charge on any atom is 0.416 e. The van der Waals surface area contributed by atoms with E-state index in [1.807, 2.05) is 13.1 Å².